The highest BCUT2D eigenvalue weighted by Crippen LogP contribution is 2.31. The monoisotopic (exact) mass is 1380 g/mol. The van der Waals surface area contributed by atoms with E-state index in [1.54, 1.807) is 22.2 Å². The molecule has 3 heterocycles. The molecule has 0 aliphatic carbocycles. The number of aromatic nitrogens is 1. The minimum Gasteiger partial charge on any atom is -0.338 e. The average Bonchev–Trinajstić information content (AvgIpc) is 0.837. The van der Waals surface area contributed by atoms with Crippen LogP contribution in [-0.2, 0) is 70.6 Å². The maximum atomic E-state index is 14.5. The van der Waals surface area contributed by atoms with Crippen molar-refractivity contribution in [1.29, 1.82) is 0 Å². The SMILES string of the molecule is O=C([C@H](Cc1ccccc1)N(Cc1ccc(-c2cccnc2)cc1)C(=O)/C=C/c1ccc(C(F)(F)F)cc1)N1CCN(Cc2ccccc2)CC1.O=C([C@H](Cc1ccccc1)N(Cc1ccc(Br)cc1)C(=O)/C=C/c1ccc(C(F)(F)F)cc1)N1CCN(Cc2ccccc2)CC1. The zero-order valence-electron chi connectivity index (χ0n) is 53.4. The molecule has 97 heavy (non-hydrogen) atoms. The molecule has 2 atom stereocenters. The van der Waals surface area contributed by atoms with E-state index in [1.165, 1.54) is 59.7 Å². The van der Waals surface area contributed by atoms with E-state index < -0.39 is 47.4 Å². The average molecular weight is 1380 g/mol. The Morgan fingerprint density at radius 2 is 0.773 bits per heavy atom. The third-order valence-electron chi connectivity index (χ3n) is 17.2. The molecular weight excluding hydrogens is 1300 g/mol. The predicted octanol–water partition coefficient (Wildman–Crippen LogP) is 15.2. The molecule has 9 aromatic rings. The molecule has 2 saturated heterocycles. The third kappa shape index (κ3) is 20.6. The Balaban J connectivity index is 0.000000212. The van der Waals surface area contributed by atoms with Crippen molar-refractivity contribution in [3.63, 3.8) is 0 Å². The molecule has 11 nitrogen and oxygen atoms in total. The van der Waals surface area contributed by atoms with E-state index in [2.05, 4.69) is 55.0 Å². The van der Waals surface area contributed by atoms with Gasteiger partial charge in [-0.15, -0.1) is 0 Å². The number of alkyl halides is 6. The van der Waals surface area contributed by atoms with Gasteiger partial charge in [0, 0.05) is 120 Å². The van der Waals surface area contributed by atoms with E-state index in [-0.39, 0.29) is 24.9 Å². The van der Waals surface area contributed by atoms with Crippen molar-refractivity contribution in [2.75, 3.05) is 52.4 Å². The lowest BCUT2D eigenvalue weighted by Gasteiger charge is -2.39. The summed E-state index contributed by atoms with van der Waals surface area (Å²) in [5.74, 6) is -1.08. The lowest BCUT2D eigenvalue weighted by Crippen LogP contribution is -2.56. The second-order valence-corrected chi connectivity index (χ2v) is 24.9. The van der Waals surface area contributed by atoms with Crippen LogP contribution in [0.2, 0.25) is 0 Å². The fraction of sp³-hybridized carbons (Fsp3) is 0.228. The summed E-state index contributed by atoms with van der Waals surface area (Å²) < 4.78 is 79.6. The van der Waals surface area contributed by atoms with Gasteiger partial charge in [0.15, 0.2) is 0 Å². The number of halogens is 7. The van der Waals surface area contributed by atoms with Crippen molar-refractivity contribution in [2.45, 2.75) is 63.5 Å². The smallest absolute Gasteiger partial charge is 0.338 e. The zero-order chi connectivity index (χ0) is 68.2. The number of hydrogen-bond acceptors (Lipinski definition) is 7. The number of amides is 4. The Morgan fingerprint density at radius 3 is 1.12 bits per heavy atom. The zero-order valence-corrected chi connectivity index (χ0v) is 55.0. The second-order valence-electron chi connectivity index (χ2n) is 24.0. The minimum atomic E-state index is -4.46. The normalized spacial score (nSPS) is 14.5. The van der Waals surface area contributed by atoms with Crippen LogP contribution in [0.5, 0.6) is 0 Å². The minimum absolute atomic E-state index is 0.128. The number of carbonyl (C=O) groups excluding carboxylic acids is 4. The molecule has 0 unspecified atom stereocenters. The molecule has 0 saturated carbocycles. The summed E-state index contributed by atoms with van der Waals surface area (Å²) in [6.07, 6.45) is 0.879. The van der Waals surface area contributed by atoms with E-state index in [0.717, 1.165) is 75.2 Å². The molecule has 11 rings (SSSR count). The van der Waals surface area contributed by atoms with Crippen LogP contribution in [0, 0.1) is 0 Å². The van der Waals surface area contributed by atoms with E-state index in [1.807, 2.05) is 168 Å². The fourth-order valence-electron chi connectivity index (χ4n) is 11.8. The lowest BCUT2D eigenvalue weighted by molar-refractivity contribution is -0.145. The molecule has 1 aromatic heterocycles. The predicted molar refractivity (Wildman–Crippen MR) is 370 cm³/mol. The number of nitrogens with zero attached hydrogens (tertiary/aromatic N) is 7. The highest BCUT2D eigenvalue weighted by Gasteiger charge is 2.37. The standard InChI is InChI=1S/C42H39F3N4O2.C37H35BrF3N3O2/c43-42(44,45)38-20-15-32(16-21-38)17-22-40(50)49(31-35-13-18-36(19-14-35)37-12-7-23-46-29-37)39(28-33-8-3-1-4-9-33)41(51)48-26-24-47(25-27-48)30-34-10-5-2-6-11-34;38-33-18-13-31(14-19-33)27-44(35(45)20-15-28-11-16-32(17-12-28)37(39,40)41)34(25-29-7-3-1-4-8-29)36(46)43-23-21-42(22-24-43)26-30-9-5-2-6-10-30/h1-23,29,39H,24-28,30-31H2;1-20,34H,21-27H2/b22-17+;20-15+/t39-;34-/m00/s1. The second kappa shape index (κ2) is 33.8. The number of carbonyl (C=O) groups is 4. The van der Waals surface area contributed by atoms with Gasteiger partial charge < -0.3 is 19.6 Å². The van der Waals surface area contributed by atoms with Gasteiger partial charge in [0.25, 0.3) is 0 Å². The van der Waals surface area contributed by atoms with Gasteiger partial charge in [-0.25, -0.2) is 0 Å². The Hall–Kier alpha value is -9.75. The van der Waals surface area contributed by atoms with Gasteiger partial charge in [0.1, 0.15) is 12.1 Å². The van der Waals surface area contributed by atoms with Gasteiger partial charge in [0.2, 0.25) is 23.6 Å². The van der Waals surface area contributed by atoms with Crippen molar-refractivity contribution in [2.24, 2.45) is 0 Å². The van der Waals surface area contributed by atoms with Gasteiger partial charge in [-0.3, -0.25) is 34.0 Å². The molecule has 0 N–H and O–H groups in total. The molecule has 0 radical (unpaired) electrons. The van der Waals surface area contributed by atoms with Crippen LogP contribution in [0.1, 0.15) is 55.6 Å². The molecule has 2 aliphatic rings. The highest BCUT2D eigenvalue weighted by molar-refractivity contribution is 9.10. The van der Waals surface area contributed by atoms with Gasteiger partial charge >= 0.3 is 12.4 Å². The molecule has 4 amide bonds. The van der Waals surface area contributed by atoms with Gasteiger partial charge in [-0.1, -0.05) is 204 Å². The van der Waals surface area contributed by atoms with Crippen LogP contribution in [0.15, 0.2) is 260 Å². The summed E-state index contributed by atoms with van der Waals surface area (Å²) in [7, 11) is 0. The summed E-state index contributed by atoms with van der Waals surface area (Å²) in [6, 6.07) is 66.5. The fourth-order valence-corrected chi connectivity index (χ4v) is 12.1. The van der Waals surface area contributed by atoms with Crippen molar-refractivity contribution in [3.05, 3.63) is 315 Å². The molecule has 498 valence electrons. The van der Waals surface area contributed by atoms with Crippen molar-refractivity contribution < 1.29 is 45.5 Å². The topological polar surface area (TPSA) is 101 Å². The first kappa shape index (κ1) is 70.1. The van der Waals surface area contributed by atoms with E-state index in [9.17, 15) is 45.5 Å². The molecule has 0 bridgehead atoms. The van der Waals surface area contributed by atoms with E-state index >= 15 is 0 Å². The number of benzene rings is 8. The lowest BCUT2D eigenvalue weighted by atomic mass is 10.0. The Bertz CT molecular complexity index is 4030. The summed E-state index contributed by atoms with van der Waals surface area (Å²) in [5.41, 5.74) is 7.24. The van der Waals surface area contributed by atoms with Crippen LogP contribution in [0.3, 0.4) is 0 Å². The van der Waals surface area contributed by atoms with Gasteiger partial charge in [-0.05, 0) is 110 Å². The quantitative estimate of drug-likeness (QED) is 0.0522. The summed E-state index contributed by atoms with van der Waals surface area (Å²) in [4.78, 5) is 72.7. The molecule has 8 aromatic carbocycles. The number of rotatable bonds is 21. The van der Waals surface area contributed by atoms with E-state index in [0.29, 0.717) is 76.3 Å². The van der Waals surface area contributed by atoms with Gasteiger partial charge in [0.05, 0.1) is 11.1 Å². The number of pyridine rings is 1. The molecular formula is C79H74BrF6N7O4. The summed E-state index contributed by atoms with van der Waals surface area (Å²) in [6.45, 7) is 6.91. The first-order valence-electron chi connectivity index (χ1n) is 32.1. The molecule has 2 aliphatic heterocycles. The first-order chi connectivity index (χ1) is 46.9. The van der Waals surface area contributed by atoms with Crippen LogP contribution in [0.25, 0.3) is 23.3 Å². The van der Waals surface area contributed by atoms with Gasteiger partial charge in [-0.2, -0.15) is 26.3 Å². The Kier molecular flexibility index (Phi) is 24.4. The van der Waals surface area contributed by atoms with Crippen molar-refractivity contribution >= 4 is 51.7 Å². The summed E-state index contributed by atoms with van der Waals surface area (Å²) in [5, 5.41) is 0. The third-order valence-corrected chi connectivity index (χ3v) is 17.7. The van der Waals surface area contributed by atoms with Crippen molar-refractivity contribution in [1.82, 2.24) is 34.4 Å². The largest absolute Gasteiger partial charge is 0.416 e. The molecule has 18 heteroatoms. The Morgan fingerprint density at radius 1 is 0.412 bits per heavy atom. The maximum absolute atomic E-state index is 14.5. The maximum Gasteiger partial charge on any atom is 0.416 e. The number of piperazine rings is 2. The molecule has 2 fully saturated rings. The molecule has 0 spiro atoms. The highest BCUT2D eigenvalue weighted by atomic mass is 79.9. The van der Waals surface area contributed by atoms with Crippen LogP contribution in [0.4, 0.5) is 26.3 Å². The van der Waals surface area contributed by atoms with Crippen LogP contribution >= 0.6 is 15.9 Å². The van der Waals surface area contributed by atoms with Crippen LogP contribution in [-0.4, -0.2) is 122 Å². The van der Waals surface area contributed by atoms with Crippen LogP contribution < -0.4 is 0 Å². The number of hydrogen-bond donors (Lipinski definition) is 0. The summed E-state index contributed by atoms with van der Waals surface area (Å²) >= 11 is 3.46. The Labute approximate surface area is 570 Å². The van der Waals surface area contributed by atoms with Crippen molar-refractivity contribution in [3.8, 4) is 11.1 Å². The van der Waals surface area contributed by atoms with E-state index in [4.69, 9.17) is 0 Å². The first-order valence-corrected chi connectivity index (χ1v) is 32.9.